The Hall–Kier alpha value is -1.98. The van der Waals surface area contributed by atoms with E-state index in [-0.39, 0.29) is 0 Å². The molecule has 0 aliphatic carbocycles. The lowest BCUT2D eigenvalue weighted by molar-refractivity contribution is 0.202. The van der Waals surface area contributed by atoms with Gasteiger partial charge in [-0.25, -0.2) is 4.98 Å². The summed E-state index contributed by atoms with van der Waals surface area (Å²) in [6.45, 7) is 4.36. The molecule has 2 rings (SSSR count). The highest BCUT2D eigenvalue weighted by molar-refractivity contribution is 5.30. The molecule has 112 valence electrons. The van der Waals surface area contributed by atoms with Gasteiger partial charge in [0.1, 0.15) is 5.75 Å². The normalized spacial score (nSPS) is 10.6. The first-order valence-corrected chi connectivity index (χ1v) is 7.09. The third kappa shape index (κ3) is 5.13. The minimum Gasteiger partial charge on any atom is -0.437 e. The van der Waals surface area contributed by atoms with Crippen LogP contribution in [0.3, 0.4) is 0 Å². The standard InChI is InChI=1S/C16H21N3O2/c1-3-17-10-14-11-18-12-16(19-14)21-15-6-4-13(5-7-15)8-9-20-2/h4-7,11-12,17H,3,8-10H2,1-2H3. The molecule has 1 N–H and O–H groups in total. The summed E-state index contributed by atoms with van der Waals surface area (Å²) < 4.78 is 10.8. The first kappa shape index (κ1) is 15.4. The molecule has 0 saturated heterocycles. The van der Waals surface area contributed by atoms with Crippen molar-refractivity contribution >= 4 is 0 Å². The number of ether oxygens (including phenoxy) is 2. The molecule has 1 aromatic heterocycles. The number of rotatable bonds is 8. The first-order valence-electron chi connectivity index (χ1n) is 7.09. The summed E-state index contributed by atoms with van der Waals surface area (Å²) in [5.41, 5.74) is 2.09. The molecular formula is C16H21N3O2. The fourth-order valence-electron chi connectivity index (χ4n) is 1.84. The van der Waals surface area contributed by atoms with E-state index >= 15 is 0 Å². The lowest BCUT2D eigenvalue weighted by Gasteiger charge is -2.07. The average molecular weight is 287 g/mol. The van der Waals surface area contributed by atoms with Crippen molar-refractivity contribution in [1.82, 2.24) is 15.3 Å². The van der Waals surface area contributed by atoms with Crippen molar-refractivity contribution in [2.75, 3.05) is 20.3 Å². The average Bonchev–Trinajstić information content (AvgIpc) is 2.53. The Morgan fingerprint density at radius 1 is 1.14 bits per heavy atom. The molecule has 0 bridgehead atoms. The van der Waals surface area contributed by atoms with E-state index in [0.29, 0.717) is 12.4 Å². The van der Waals surface area contributed by atoms with Gasteiger partial charge in [0.05, 0.1) is 18.5 Å². The quantitative estimate of drug-likeness (QED) is 0.808. The number of methoxy groups -OCH3 is 1. The Kier molecular flexibility index (Phi) is 6.12. The van der Waals surface area contributed by atoms with Gasteiger partial charge in [-0.05, 0) is 30.7 Å². The van der Waals surface area contributed by atoms with Crippen molar-refractivity contribution in [2.45, 2.75) is 19.9 Å². The van der Waals surface area contributed by atoms with Gasteiger partial charge >= 0.3 is 0 Å². The van der Waals surface area contributed by atoms with E-state index in [9.17, 15) is 0 Å². The predicted octanol–water partition coefficient (Wildman–Crippen LogP) is 2.57. The fourth-order valence-corrected chi connectivity index (χ4v) is 1.84. The maximum Gasteiger partial charge on any atom is 0.238 e. The zero-order chi connectivity index (χ0) is 14.9. The van der Waals surface area contributed by atoms with Crippen molar-refractivity contribution in [1.29, 1.82) is 0 Å². The molecule has 0 fully saturated rings. The van der Waals surface area contributed by atoms with E-state index in [1.807, 2.05) is 24.3 Å². The van der Waals surface area contributed by atoms with Crippen molar-refractivity contribution in [2.24, 2.45) is 0 Å². The highest BCUT2D eigenvalue weighted by Gasteiger charge is 2.02. The predicted molar refractivity (Wildman–Crippen MR) is 81.5 cm³/mol. The number of hydrogen-bond acceptors (Lipinski definition) is 5. The van der Waals surface area contributed by atoms with Crippen LogP contribution in [0.1, 0.15) is 18.2 Å². The van der Waals surface area contributed by atoms with Crippen LogP contribution in [0.25, 0.3) is 0 Å². The van der Waals surface area contributed by atoms with Gasteiger partial charge in [0.15, 0.2) is 0 Å². The van der Waals surface area contributed by atoms with Crippen molar-refractivity contribution in [3.05, 3.63) is 47.9 Å². The minimum absolute atomic E-state index is 0.509. The summed E-state index contributed by atoms with van der Waals surface area (Å²) in [4.78, 5) is 8.56. The summed E-state index contributed by atoms with van der Waals surface area (Å²) in [6, 6.07) is 7.93. The molecular weight excluding hydrogens is 266 g/mol. The van der Waals surface area contributed by atoms with Gasteiger partial charge in [-0.3, -0.25) is 4.98 Å². The molecule has 5 nitrogen and oxygen atoms in total. The van der Waals surface area contributed by atoms with Crippen LogP contribution in [0.4, 0.5) is 0 Å². The van der Waals surface area contributed by atoms with E-state index < -0.39 is 0 Å². The molecule has 2 aromatic rings. The smallest absolute Gasteiger partial charge is 0.238 e. The third-order valence-electron chi connectivity index (χ3n) is 2.96. The van der Waals surface area contributed by atoms with E-state index in [1.54, 1.807) is 19.5 Å². The second kappa shape index (κ2) is 8.34. The van der Waals surface area contributed by atoms with Crippen LogP contribution >= 0.6 is 0 Å². The number of nitrogens with zero attached hydrogens (tertiary/aromatic N) is 2. The van der Waals surface area contributed by atoms with E-state index in [1.165, 1.54) is 5.56 Å². The summed E-state index contributed by atoms with van der Waals surface area (Å²) in [6.07, 6.45) is 4.26. The van der Waals surface area contributed by atoms with Crippen LogP contribution in [0.15, 0.2) is 36.7 Å². The van der Waals surface area contributed by atoms with Crippen molar-refractivity contribution < 1.29 is 9.47 Å². The molecule has 0 amide bonds. The Morgan fingerprint density at radius 3 is 2.67 bits per heavy atom. The topological polar surface area (TPSA) is 56.3 Å². The Labute approximate surface area is 125 Å². The van der Waals surface area contributed by atoms with Crippen LogP contribution in [0.2, 0.25) is 0 Å². The molecule has 21 heavy (non-hydrogen) atoms. The molecule has 0 spiro atoms. The Bertz CT molecular complexity index is 543. The number of hydrogen-bond donors (Lipinski definition) is 1. The lowest BCUT2D eigenvalue weighted by Crippen LogP contribution is -2.13. The monoisotopic (exact) mass is 287 g/mol. The van der Waals surface area contributed by atoms with Gasteiger partial charge in [0, 0.05) is 19.9 Å². The molecule has 0 unspecified atom stereocenters. The Balaban J connectivity index is 1.97. The highest BCUT2D eigenvalue weighted by atomic mass is 16.5. The number of aromatic nitrogens is 2. The molecule has 0 saturated carbocycles. The lowest BCUT2D eigenvalue weighted by atomic mass is 10.1. The number of nitrogens with one attached hydrogen (secondary N) is 1. The summed E-state index contributed by atoms with van der Waals surface area (Å²) in [7, 11) is 1.70. The highest BCUT2D eigenvalue weighted by Crippen LogP contribution is 2.19. The third-order valence-corrected chi connectivity index (χ3v) is 2.96. The number of benzene rings is 1. The zero-order valence-electron chi connectivity index (χ0n) is 12.5. The SMILES string of the molecule is CCNCc1cncc(Oc2ccc(CCOC)cc2)n1. The van der Waals surface area contributed by atoms with E-state index in [4.69, 9.17) is 9.47 Å². The maximum absolute atomic E-state index is 5.73. The van der Waals surface area contributed by atoms with Gasteiger partial charge in [-0.2, -0.15) is 0 Å². The van der Waals surface area contributed by atoms with Crippen LogP contribution in [-0.4, -0.2) is 30.2 Å². The maximum atomic E-state index is 5.73. The van der Waals surface area contributed by atoms with Gasteiger partial charge in [-0.1, -0.05) is 19.1 Å². The second-order valence-electron chi connectivity index (χ2n) is 4.62. The fraction of sp³-hybridized carbons (Fsp3) is 0.375. The molecule has 1 heterocycles. The van der Waals surface area contributed by atoms with Crippen molar-refractivity contribution in [3.63, 3.8) is 0 Å². The molecule has 0 aliphatic heterocycles. The molecule has 0 radical (unpaired) electrons. The minimum atomic E-state index is 0.509. The van der Waals surface area contributed by atoms with Crippen molar-refractivity contribution in [3.8, 4) is 11.6 Å². The van der Waals surface area contributed by atoms with E-state index in [2.05, 4.69) is 22.2 Å². The van der Waals surface area contributed by atoms with Crippen LogP contribution in [0, 0.1) is 0 Å². The first-order chi connectivity index (χ1) is 10.3. The molecule has 0 aliphatic rings. The molecule has 1 aromatic carbocycles. The summed E-state index contributed by atoms with van der Waals surface area (Å²) in [5.74, 6) is 1.26. The van der Waals surface area contributed by atoms with Crippen LogP contribution in [0.5, 0.6) is 11.6 Å². The van der Waals surface area contributed by atoms with E-state index in [0.717, 1.165) is 31.0 Å². The van der Waals surface area contributed by atoms with Gasteiger partial charge in [-0.15, -0.1) is 0 Å². The summed E-state index contributed by atoms with van der Waals surface area (Å²) in [5, 5.41) is 3.21. The van der Waals surface area contributed by atoms with Gasteiger partial charge in [0.2, 0.25) is 5.88 Å². The second-order valence-corrected chi connectivity index (χ2v) is 4.62. The van der Waals surface area contributed by atoms with Crippen LogP contribution in [-0.2, 0) is 17.7 Å². The Morgan fingerprint density at radius 2 is 1.95 bits per heavy atom. The molecule has 0 atom stereocenters. The summed E-state index contributed by atoms with van der Waals surface area (Å²) >= 11 is 0. The van der Waals surface area contributed by atoms with Gasteiger partial charge < -0.3 is 14.8 Å². The van der Waals surface area contributed by atoms with Crippen LogP contribution < -0.4 is 10.1 Å². The zero-order valence-corrected chi connectivity index (χ0v) is 12.5. The van der Waals surface area contributed by atoms with Gasteiger partial charge in [0.25, 0.3) is 0 Å². The largest absolute Gasteiger partial charge is 0.437 e. The molecule has 5 heteroatoms.